The summed E-state index contributed by atoms with van der Waals surface area (Å²) in [6.45, 7) is 2.47. The third kappa shape index (κ3) is 4.84. The quantitative estimate of drug-likeness (QED) is 0.670. The van der Waals surface area contributed by atoms with Crippen molar-refractivity contribution in [3.63, 3.8) is 0 Å². The number of rotatable bonds is 6. The highest BCUT2D eigenvalue weighted by molar-refractivity contribution is 6.31. The van der Waals surface area contributed by atoms with Gasteiger partial charge in [0.2, 0.25) is 5.91 Å². The SMILES string of the molecule is O=C(O)C(c1ccccc1Cl)N1CC(C(=O)N2CCC(Cc3ccc4c(n3)CCCC4)CC2)C1. The first kappa shape index (κ1) is 23.3. The van der Waals surface area contributed by atoms with Crippen LogP contribution < -0.4 is 0 Å². The lowest BCUT2D eigenvalue weighted by atomic mass is 9.88. The number of aliphatic carboxylic acids is 1. The summed E-state index contributed by atoms with van der Waals surface area (Å²) in [5, 5.41) is 10.2. The van der Waals surface area contributed by atoms with Crippen LogP contribution >= 0.6 is 11.6 Å². The van der Waals surface area contributed by atoms with Gasteiger partial charge in [0.1, 0.15) is 6.04 Å². The Morgan fingerprint density at radius 1 is 1.06 bits per heavy atom. The molecule has 0 spiro atoms. The predicted molar refractivity (Wildman–Crippen MR) is 131 cm³/mol. The Labute approximate surface area is 205 Å². The Bertz CT molecular complexity index is 1060. The lowest BCUT2D eigenvalue weighted by Crippen LogP contribution is -2.57. The Morgan fingerprint density at radius 2 is 1.79 bits per heavy atom. The fourth-order valence-electron chi connectivity index (χ4n) is 5.71. The van der Waals surface area contributed by atoms with Crippen LogP contribution in [0.1, 0.15) is 54.2 Å². The number of pyridine rings is 1. The molecule has 34 heavy (non-hydrogen) atoms. The largest absolute Gasteiger partial charge is 0.480 e. The number of carbonyl (C=O) groups excluding carboxylic acids is 1. The van der Waals surface area contributed by atoms with Gasteiger partial charge in [0.25, 0.3) is 0 Å². The fourth-order valence-corrected chi connectivity index (χ4v) is 5.95. The lowest BCUT2D eigenvalue weighted by molar-refractivity contribution is -0.153. The van der Waals surface area contributed by atoms with Crippen LogP contribution in [-0.2, 0) is 28.9 Å². The zero-order valence-electron chi connectivity index (χ0n) is 19.5. The number of hydrogen-bond donors (Lipinski definition) is 1. The van der Waals surface area contributed by atoms with Crippen molar-refractivity contribution >= 4 is 23.5 Å². The Balaban J connectivity index is 1.12. The summed E-state index contributed by atoms with van der Waals surface area (Å²) in [5.41, 5.74) is 4.49. The van der Waals surface area contributed by atoms with Gasteiger partial charge >= 0.3 is 5.97 Å². The topological polar surface area (TPSA) is 73.7 Å². The van der Waals surface area contributed by atoms with Gasteiger partial charge in [-0.15, -0.1) is 0 Å². The number of amides is 1. The molecule has 1 aromatic carbocycles. The average Bonchev–Trinajstić information content (AvgIpc) is 2.81. The number of aryl methyl sites for hydroxylation is 2. The molecule has 1 aliphatic carbocycles. The van der Waals surface area contributed by atoms with E-state index in [1.807, 2.05) is 9.80 Å². The molecule has 1 N–H and O–H groups in total. The van der Waals surface area contributed by atoms with Gasteiger partial charge in [0.15, 0.2) is 0 Å². The lowest BCUT2D eigenvalue weighted by Gasteiger charge is -2.44. The van der Waals surface area contributed by atoms with E-state index in [2.05, 4.69) is 12.1 Å². The highest BCUT2D eigenvalue weighted by atomic mass is 35.5. The maximum absolute atomic E-state index is 13.1. The van der Waals surface area contributed by atoms with Crippen molar-refractivity contribution in [2.75, 3.05) is 26.2 Å². The van der Waals surface area contributed by atoms with Gasteiger partial charge in [-0.2, -0.15) is 0 Å². The first-order valence-corrected chi connectivity index (χ1v) is 12.8. The van der Waals surface area contributed by atoms with Crippen LogP contribution in [0, 0.1) is 11.8 Å². The number of aromatic nitrogens is 1. The summed E-state index contributed by atoms with van der Waals surface area (Å²) in [7, 11) is 0. The van der Waals surface area contributed by atoms with E-state index in [0.717, 1.165) is 45.2 Å². The van der Waals surface area contributed by atoms with Crippen molar-refractivity contribution in [3.05, 3.63) is 63.9 Å². The number of benzene rings is 1. The molecule has 1 unspecified atom stereocenters. The van der Waals surface area contributed by atoms with E-state index in [-0.39, 0.29) is 11.8 Å². The minimum atomic E-state index is -0.935. The minimum absolute atomic E-state index is 0.136. The van der Waals surface area contributed by atoms with E-state index in [0.29, 0.717) is 29.6 Å². The number of fused-ring (bicyclic) bond motifs is 1. The van der Waals surface area contributed by atoms with Crippen LogP contribution in [0.5, 0.6) is 0 Å². The number of hydrogen-bond acceptors (Lipinski definition) is 4. The Morgan fingerprint density at radius 3 is 2.53 bits per heavy atom. The standard InChI is InChI=1S/C27H32ClN3O3/c28-23-7-3-2-6-22(23)25(27(33)34)31-16-20(17-31)26(32)30-13-11-18(12-14-30)15-21-10-9-19-5-1-4-8-24(19)29-21/h2-3,6-7,9-10,18,20,25H,1,4-5,8,11-17H2,(H,33,34). The van der Waals surface area contributed by atoms with Crippen molar-refractivity contribution in [3.8, 4) is 0 Å². The van der Waals surface area contributed by atoms with Gasteiger partial charge in [0, 0.05) is 42.6 Å². The third-order valence-corrected chi connectivity index (χ3v) is 8.06. The molecule has 2 fully saturated rings. The number of carboxylic acids is 1. The van der Waals surface area contributed by atoms with Crippen LogP contribution in [0.15, 0.2) is 36.4 Å². The average molecular weight is 482 g/mol. The molecular formula is C27H32ClN3O3. The van der Waals surface area contributed by atoms with Crippen molar-refractivity contribution < 1.29 is 14.7 Å². The van der Waals surface area contributed by atoms with Gasteiger partial charge in [0.05, 0.1) is 5.92 Å². The molecule has 180 valence electrons. The highest BCUT2D eigenvalue weighted by Gasteiger charge is 2.42. The molecule has 2 aliphatic heterocycles. The van der Waals surface area contributed by atoms with E-state index in [9.17, 15) is 14.7 Å². The van der Waals surface area contributed by atoms with E-state index < -0.39 is 12.0 Å². The minimum Gasteiger partial charge on any atom is -0.480 e. The van der Waals surface area contributed by atoms with Crippen molar-refractivity contribution in [1.29, 1.82) is 0 Å². The molecule has 6 nitrogen and oxygen atoms in total. The molecule has 0 radical (unpaired) electrons. The van der Waals surface area contributed by atoms with Gasteiger partial charge < -0.3 is 10.0 Å². The van der Waals surface area contributed by atoms with Crippen LogP contribution in [-0.4, -0.2) is 57.9 Å². The maximum atomic E-state index is 13.1. The second-order valence-corrected chi connectivity index (χ2v) is 10.4. The van der Waals surface area contributed by atoms with Crippen LogP contribution in [0.25, 0.3) is 0 Å². The molecule has 2 aromatic rings. The van der Waals surface area contributed by atoms with Crippen molar-refractivity contribution in [1.82, 2.24) is 14.8 Å². The summed E-state index contributed by atoms with van der Waals surface area (Å²) >= 11 is 6.25. The molecule has 2 saturated heterocycles. The van der Waals surface area contributed by atoms with Crippen molar-refractivity contribution in [2.24, 2.45) is 11.8 Å². The van der Waals surface area contributed by atoms with Gasteiger partial charge in [-0.1, -0.05) is 35.9 Å². The maximum Gasteiger partial charge on any atom is 0.325 e. The number of piperidine rings is 1. The number of nitrogens with zero attached hydrogens (tertiary/aromatic N) is 3. The zero-order chi connectivity index (χ0) is 23.7. The van der Waals surface area contributed by atoms with Crippen LogP contribution in [0.4, 0.5) is 0 Å². The summed E-state index contributed by atoms with van der Waals surface area (Å²) in [5.74, 6) is -0.351. The smallest absolute Gasteiger partial charge is 0.325 e. The second-order valence-electron chi connectivity index (χ2n) is 10.0. The fraction of sp³-hybridized carbons (Fsp3) is 0.519. The highest BCUT2D eigenvalue weighted by Crippen LogP contribution is 2.34. The first-order chi connectivity index (χ1) is 16.5. The third-order valence-electron chi connectivity index (χ3n) is 7.72. The molecule has 0 saturated carbocycles. The Kier molecular flexibility index (Phi) is 6.89. The molecule has 3 aliphatic rings. The van der Waals surface area contributed by atoms with E-state index >= 15 is 0 Å². The molecule has 3 heterocycles. The molecule has 0 bridgehead atoms. The second kappa shape index (κ2) is 10.0. The van der Waals surface area contributed by atoms with E-state index in [1.165, 1.54) is 29.8 Å². The molecule has 1 atom stereocenters. The molecule has 1 aromatic heterocycles. The van der Waals surface area contributed by atoms with Gasteiger partial charge in [-0.25, -0.2) is 0 Å². The van der Waals surface area contributed by atoms with Gasteiger partial charge in [-0.05, 0) is 74.1 Å². The Hall–Kier alpha value is -2.44. The summed E-state index contributed by atoms with van der Waals surface area (Å²) in [6.07, 6.45) is 7.77. The normalized spacial score (nSPS) is 20.4. The predicted octanol–water partition coefficient (Wildman–Crippen LogP) is 4.15. The number of likely N-dealkylation sites (tertiary alicyclic amines) is 2. The summed E-state index contributed by atoms with van der Waals surface area (Å²) in [6, 6.07) is 10.7. The molecule has 5 rings (SSSR count). The van der Waals surface area contributed by atoms with E-state index in [4.69, 9.17) is 16.6 Å². The van der Waals surface area contributed by atoms with Crippen LogP contribution in [0.2, 0.25) is 5.02 Å². The van der Waals surface area contributed by atoms with E-state index in [1.54, 1.807) is 24.3 Å². The van der Waals surface area contributed by atoms with Crippen molar-refractivity contribution in [2.45, 2.75) is 51.0 Å². The first-order valence-electron chi connectivity index (χ1n) is 12.5. The monoisotopic (exact) mass is 481 g/mol. The molecule has 7 heteroatoms. The van der Waals surface area contributed by atoms with Crippen LogP contribution in [0.3, 0.4) is 0 Å². The summed E-state index contributed by atoms with van der Waals surface area (Å²) in [4.78, 5) is 33.7. The summed E-state index contributed by atoms with van der Waals surface area (Å²) < 4.78 is 0. The number of halogens is 1. The molecular weight excluding hydrogens is 450 g/mol. The molecule has 1 amide bonds. The zero-order valence-corrected chi connectivity index (χ0v) is 20.2. The number of carboxylic acid groups (broad SMARTS) is 1. The number of carbonyl (C=O) groups is 2. The van der Waals surface area contributed by atoms with Gasteiger partial charge in [-0.3, -0.25) is 19.5 Å².